The van der Waals surface area contributed by atoms with E-state index in [9.17, 15) is 5.11 Å². The molecule has 27 heavy (non-hydrogen) atoms. The summed E-state index contributed by atoms with van der Waals surface area (Å²) in [7, 11) is 0. The summed E-state index contributed by atoms with van der Waals surface area (Å²) < 4.78 is 11.3. The number of ether oxygens (including phenoxy) is 2. The quantitative estimate of drug-likeness (QED) is 0.604. The summed E-state index contributed by atoms with van der Waals surface area (Å²) in [4.78, 5) is 8.94. The smallest absolute Gasteiger partial charge is 0.157 e. The maximum absolute atomic E-state index is 9.35. The number of hydrogen-bond donors (Lipinski definition) is 1. The zero-order valence-electron chi connectivity index (χ0n) is 16.0. The first kappa shape index (κ1) is 19.8. The van der Waals surface area contributed by atoms with Crippen LogP contribution in [0.15, 0.2) is 36.7 Å². The van der Waals surface area contributed by atoms with Crippen LogP contribution in [0, 0.1) is 0 Å². The van der Waals surface area contributed by atoms with Gasteiger partial charge in [0.15, 0.2) is 6.29 Å². The van der Waals surface area contributed by atoms with E-state index < -0.39 is 0 Å². The molecule has 1 saturated heterocycles. The van der Waals surface area contributed by atoms with Crippen LogP contribution in [0.2, 0.25) is 0 Å². The van der Waals surface area contributed by atoms with Crippen molar-refractivity contribution in [2.24, 2.45) is 0 Å². The van der Waals surface area contributed by atoms with Gasteiger partial charge in [-0.25, -0.2) is 9.97 Å². The van der Waals surface area contributed by atoms with Crippen molar-refractivity contribution in [3.63, 3.8) is 0 Å². The summed E-state index contributed by atoms with van der Waals surface area (Å²) in [6, 6.07) is 7.10. The van der Waals surface area contributed by atoms with Gasteiger partial charge in [0.25, 0.3) is 0 Å². The second-order valence-corrected chi connectivity index (χ2v) is 7.12. The number of aromatic hydroxyl groups is 1. The topological polar surface area (TPSA) is 64.5 Å². The highest BCUT2D eigenvalue weighted by Crippen LogP contribution is 2.20. The van der Waals surface area contributed by atoms with Gasteiger partial charge in [-0.05, 0) is 49.8 Å². The molecule has 1 fully saturated rings. The van der Waals surface area contributed by atoms with E-state index in [4.69, 9.17) is 9.47 Å². The Hall–Kier alpha value is -1.98. The van der Waals surface area contributed by atoms with E-state index in [1.165, 1.54) is 32.1 Å². The molecule has 1 aromatic carbocycles. The fourth-order valence-electron chi connectivity index (χ4n) is 3.26. The molecule has 1 N–H and O–H groups in total. The number of hydrogen-bond acceptors (Lipinski definition) is 5. The number of benzene rings is 1. The molecular weight excluding hydrogens is 340 g/mol. The summed E-state index contributed by atoms with van der Waals surface area (Å²) in [6.07, 6.45) is 14.0. The van der Waals surface area contributed by atoms with Gasteiger partial charge in [0.1, 0.15) is 11.6 Å². The van der Waals surface area contributed by atoms with Gasteiger partial charge in [-0.2, -0.15) is 0 Å². The third-order valence-electron chi connectivity index (χ3n) is 4.89. The Balaban J connectivity index is 1.25. The number of rotatable bonds is 10. The van der Waals surface area contributed by atoms with E-state index in [0.717, 1.165) is 55.8 Å². The second-order valence-electron chi connectivity index (χ2n) is 7.12. The Morgan fingerprint density at radius 2 is 1.67 bits per heavy atom. The largest absolute Gasteiger partial charge is 0.508 e. The molecule has 1 aliphatic rings. The molecule has 0 amide bonds. The number of aryl methyl sites for hydroxylation is 1. The van der Waals surface area contributed by atoms with Crippen molar-refractivity contribution in [1.82, 2.24) is 9.97 Å². The van der Waals surface area contributed by atoms with E-state index >= 15 is 0 Å². The molecule has 146 valence electrons. The molecule has 5 nitrogen and oxygen atoms in total. The van der Waals surface area contributed by atoms with Crippen LogP contribution in [0.3, 0.4) is 0 Å². The van der Waals surface area contributed by atoms with Crippen LogP contribution in [-0.4, -0.2) is 34.6 Å². The second kappa shape index (κ2) is 11.0. The van der Waals surface area contributed by atoms with Crippen molar-refractivity contribution in [2.45, 2.75) is 64.1 Å². The normalized spacial score (nSPS) is 17.1. The Labute approximate surface area is 161 Å². The fourth-order valence-corrected chi connectivity index (χ4v) is 3.26. The summed E-state index contributed by atoms with van der Waals surface area (Å²) >= 11 is 0. The predicted octanol–water partition coefficient (Wildman–Crippen LogP) is 4.89. The number of phenolic OH excluding ortho intramolecular Hbond substituents is 1. The highest BCUT2D eigenvalue weighted by molar-refractivity contribution is 5.62. The highest BCUT2D eigenvalue weighted by Gasteiger charge is 2.13. The first-order chi connectivity index (χ1) is 13.3. The van der Waals surface area contributed by atoms with E-state index in [1.54, 1.807) is 12.1 Å². The molecule has 1 aromatic heterocycles. The van der Waals surface area contributed by atoms with Gasteiger partial charge in [0, 0.05) is 37.6 Å². The summed E-state index contributed by atoms with van der Waals surface area (Å²) in [5.74, 6) is 1.17. The van der Waals surface area contributed by atoms with Gasteiger partial charge < -0.3 is 14.6 Å². The van der Waals surface area contributed by atoms with Gasteiger partial charge >= 0.3 is 0 Å². The van der Waals surface area contributed by atoms with Crippen molar-refractivity contribution in [2.75, 3.05) is 13.2 Å². The standard InChI is InChI=1S/C22H30N2O3/c25-20-12-10-18(11-13-20)19-16-23-21(24-17-19)8-4-2-1-3-6-14-26-22-9-5-7-15-27-22/h10-13,16-17,22,25H,1-9,14-15H2. The number of phenols is 1. The van der Waals surface area contributed by atoms with Crippen LogP contribution < -0.4 is 0 Å². The van der Waals surface area contributed by atoms with E-state index in [0.29, 0.717) is 0 Å². The molecule has 1 unspecified atom stereocenters. The lowest BCUT2D eigenvalue weighted by Gasteiger charge is -2.22. The Kier molecular flexibility index (Phi) is 8.05. The zero-order chi connectivity index (χ0) is 18.7. The molecule has 1 aliphatic heterocycles. The highest BCUT2D eigenvalue weighted by atomic mass is 16.7. The third kappa shape index (κ3) is 6.92. The van der Waals surface area contributed by atoms with Crippen LogP contribution in [0.5, 0.6) is 5.75 Å². The molecule has 2 aromatic rings. The van der Waals surface area contributed by atoms with Crippen LogP contribution in [-0.2, 0) is 15.9 Å². The monoisotopic (exact) mass is 370 g/mol. The number of nitrogens with zero attached hydrogens (tertiary/aromatic N) is 2. The van der Waals surface area contributed by atoms with E-state index in [1.807, 2.05) is 24.5 Å². The SMILES string of the molecule is Oc1ccc(-c2cnc(CCCCCCCOC3CCCCO3)nc2)cc1. The first-order valence-corrected chi connectivity index (χ1v) is 10.1. The maximum atomic E-state index is 9.35. The Morgan fingerprint density at radius 3 is 2.41 bits per heavy atom. The van der Waals surface area contributed by atoms with Gasteiger partial charge in [0.05, 0.1) is 0 Å². The van der Waals surface area contributed by atoms with Crippen molar-refractivity contribution < 1.29 is 14.6 Å². The average Bonchev–Trinajstić information content (AvgIpc) is 2.72. The van der Waals surface area contributed by atoms with Gasteiger partial charge in [0.2, 0.25) is 0 Å². The van der Waals surface area contributed by atoms with Gasteiger partial charge in [-0.3, -0.25) is 0 Å². The predicted molar refractivity (Wildman–Crippen MR) is 105 cm³/mol. The van der Waals surface area contributed by atoms with E-state index in [2.05, 4.69) is 9.97 Å². The van der Waals surface area contributed by atoms with Crippen LogP contribution in [0.4, 0.5) is 0 Å². The molecule has 0 aliphatic carbocycles. The van der Waals surface area contributed by atoms with Gasteiger partial charge in [-0.1, -0.05) is 31.4 Å². The fraction of sp³-hybridized carbons (Fsp3) is 0.545. The molecule has 0 saturated carbocycles. The number of aromatic nitrogens is 2. The van der Waals surface area contributed by atoms with Crippen molar-refractivity contribution >= 4 is 0 Å². The van der Waals surface area contributed by atoms with Crippen LogP contribution in [0.25, 0.3) is 11.1 Å². The minimum absolute atomic E-state index is 0.0421. The Bertz CT molecular complexity index is 652. The van der Waals surface area contributed by atoms with Gasteiger partial charge in [-0.15, -0.1) is 0 Å². The van der Waals surface area contributed by atoms with Crippen LogP contribution in [0.1, 0.15) is 57.2 Å². The first-order valence-electron chi connectivity index (χ1n) is 10.1. The molecular formula is C22H30N2O3. The molecule has 1 atom stereocenters. The minimum Gasteiger partial charge on any atom is -0.508 e. The summed E-state index contributed by atoms with van der Waals surface area (Å²) in [5, 5.41) is 9.35. The van der Waals surface area contributed by atoms with Crippen molar-refractivity contribution in [1.29, 1.82) is 0 Å². The third-order valence-corrected chi connectivity index (χ3v) is 4.89. The number of unbranched alkanes of at least 4 members (excludes halogenated alkanes) is 4. The molecule has 0 bridgehead atoms. The lowest BCUT2D eigenvalue weighted by Crippen LogP contribution is -2.22. The van der Waals surface area contributed by atoms with E-state index in [-0.39, 0.29) is 12.0 Å². The summed E-state index contributed by atoms with van der Waals surface area (Å²) in [6.45, 7) is 1.66. The molecule has 0 spiro atoms. The molecule has 3 rings (SSSR count). The Morgan fingerprint density at radius 1 is 0.926 bits per heavy atom. The van der Waals surface area contributed by atoms with Crippen molar-refractivity contribution in [3.05, 3.63) is 42.5 Å². The minimum atomic E-state index is 0.0421. The zero-order valence-corrected chi connectivity index (χ0v) is 16.0. The average molecular weight is 370 g/mol. The molecule has 5 heteroatoms. The lowest BCUT2D eigenvalue weighted by atomic mass is 10.1. The van der Waals surface area contributed by atoms with Crippen LogP contribution >= 0.6 is 0 Å². The lowest BCUT2D eigenvalue weighted by molar-refractivity contribution is -0.162. The van der Waals surface area contributed by atoms with Crippen molar-refractivity contribution in [3.8, 4) is 16.9 Å². The maximum Gasteiger partial charge on any atom is 0.157 e. The molecule has 0 radical (unpaired) electrons. The molecule has 2 heterocycles. The summed E-state index contributed by atoms with van der Waals surface area (Å²) in [5.41, 5.74) is 1.99.